The summed E-state index contributed by atoms with van der Waals surface area (Å²) in [6.07, 6.45) is 2.36. The number of ether oxygens (including phenoxy) is 1. The molecule has 0 bridgehead atoms. The molecule has 26 heavy (non-hydrogen) atoms. The summed E-state index contributed by atoms with van der Waals surface area (Å²) in [5, 5.41) is 3.80. The fourth-order valence-electron chi connectivity index (χ4n) is 3.35. The molecule has 2 aromatic rings. The standard InChI is InChI=1S/C20H23ClN2O2.ClH/c1-25-19-11-5-3-9-16(19)20(24)22-14-18(23-12-6-7-13-23)15-8-2-4-10-17(15)21;/h2-5,8-11,18H,6-7,12-14H2,1H3,(H,22,24);1H. The molecule has 1 saturated heterocycles. The highest BCUT2D eigenvalue weighted by atomic mass is 35.5. The van der Waals surface area contributed by atoms with Gasteiger partial charge < -0.3 is 10.1 Å². The minimum atomic E-state index is -0.131. The summed E-state index contributed by atoms with van der Waals surface area (Å²) in [4.78, 5) is 15.0. The van der Waals surface area contributed by atoms with Crippen LogP contribution in [-0.2, 0) is 0 Å². The van der Waals surface area contributed by atoms with Crippen molar-refractivity contribution in [3.05, 3.63) is 64.7 Å². The Morgan fingerprint density at radius 2 is 1.81 bits per heavy atom. The lowest BCUT2D eigenvalue weighted by atomic mass is 10.0. The van der Waals surface area contributed by atoms with Gasteiger partial charge in [-0.15, -0.1) is 12.4 Å². The molecule has 0 radical (unpaired) electrons. The van der Waals surface area contributed by atoms with Crippen molar-refractivity contribution in [3.63, 3.8) is 0 Å². The van der Waals surface area contributed by atoms with Gasteiger partial charge >= 0.3 is 0 Å². The van der Waals surface area contributed by atoms with E-state index in [9.17, 15) is 4.79 Å². The van der Waals surface area contributed by atoms with Gasteiger partial charge in [0.05, 0.1) is 18.7 Å². The highest BCUT2D eigenvalue weighted by molar-refractivity contribution is 6.31. The molecule has 1 N–H and O–H groups in total. The van der Waals surface area contributed by atoms with E-state index in [1.807, 2.05) is 36.4 Å². The van der Waals surface area contributed by atoms with E-state index in [-0.39, 0.29) is 24.4 Å². The van der Waals surface area contributed by atoms with Crippen LogP contribution in [0.25, 0.3) is 0 Å². The second kappa shape index (κ2) is 9.81. The fourth-order valence-corrected chi connectivity index (χ4v) is 3.61. The highest BCUT2D eigenvalue weighted by Crippen LogP contribution is 2.30. The number of amides is 1. The molecule has 6 heteroatoms. The molecule has 1 heterocycles. The Balaban J connectivity index is 0.00000243. The highest BCUT2D eigenvalue weighted by Gasteiger charge is 2.26. The number of nitrogens with one attached hydrogen (secondary N) is 1. The Morgan fingerprint density at radius 3 is 2.50 bits per heavy atom. The van der Waals surface area contributed by atoms with Crippen LogP contribution in [-0.4, -0.2) is 37.6 Å². The Bertz CT molecular complexity index is 733. The number of methoxy groups -OCH3 is 1. The van der Waals surface area contributed by atoms with Crippen LogP contribution in [0.2, 0.25) is 5.02 Å². The summed E-state index contributed by atoms with van der Waals surface area (Å²) in [6, 6.07) is 15.2. The van der Waals surface area contributed by atoms with E-state index in [1.165, 1.54) is 12.8 Å². The minimum Gasteiger partial charge on any atom is -0.496 e. The average Bonchev–Trinajstić information content (AvgIpc) is 3.17. The number of halogens is 2. The molecule has 0 spiro atoms. The molecule has 1 atom stereocenters. The first-order chi connectivity index (χ1) is 12.2. The van der Waals surface area contributed by atoms with Crippen LogP contribution in [0.15, 0.2) is 48.5 Å². The summed E-state index contributed by atoms with van der Waals surface area (Å²) in [5.41, 5.74) is 1.61. The lowest BCUT2D eigenvalue weighted by molar-refractivity contribution is 0.0935. The van der Waals surface area contributed by atoms with Crippen molar-refractivity contribution in [3.8, 4) is 5.75 Å². The van der Waals surface area contributed by atoms with Crippen molar-refractivity contribution >= 4 is 29.9 Å². The molecule has 0 saturated carbocycles. The molecule has 140 valence electrons. The van der Waals surface area contributed by atoms with Crippen molar-refractivity contribution in [2.45, 2.75) is 18.9 Å². The number of rotatable bonds is 6. The number of likely N-dealkylation sites (tertiary alicyclic amines) is 1. The van der Waals surface area contributed by atoms with Crippen molar-refractivity contribution in [1.29, 1.82) is 0 Å². The first-order valence-corrected chi connectivity index (χ1v) is 8.98. The second-order valence-electron chi connectivity index (χ2n) is 6.19. The number of nitrogens with zero attached hydrogens (tertiary/aromatic N) is 1. The van der Waals surface area contributed by atoms with E-state index >= 15 is 0 Å². The molecule has 2 aromatic carbocycles. The maximum Gasteiger partial charge on any atom is 0.255 e. The predicted octanol–water partition coefficient (Wildman–Crippen LogP) is 4.34. The van der Waals surface area contributed by atoms with Crippen molar-refractivity contribution in [2.24, 2.45) is 0 Å². The first-order valence-electron chi connectivity index (χ1n) is 8.60. The zero-order valence-electron chi connectivity index (χ0n) is 14.8. The van der Waals surface area contributed by atoms with Gasteiger partial charge in [-0.05, 0) is 49.7 Å². The Kier molecular flexibility index (Phi) is 7.76. The monoisotopic (exact) mass is 394 g/mol. The largest absolute Gasteiger partial charge is 0.496 e. The van der Waals surface area contributed by atoms with Gasteiger partial charge in [0.25, 0.3) is 5.91 Å². The first kappa shape index (κ1) is 20.6. The smallest absolute Gasteiger partial charge is 0.255 e. The number of carbonyl (C=O) groups excluding carboxylic acids is 1. The van der Waals surface area contributed by atoms with Gasteiger partial charge in [0.15, 0.2) is 0 Å². The van der Waals surface area contributed by atoms with E-state index in [4.69, 9.17) is 16.3 Å². The van der Waals surface area contributed by atoms with E-state index in [0.29, 0.717) is 17.9 Å². The maximum atomic E-state index is 12.6. The number of benzene rings is 2. The quantitative estimate of drug-likeness (QED) is 0.791. The molecule has 1 aliphatic rings. The summed E-state index contributed by atoms with van der Waals surface area (Å²) in [5.74, 6) is 0.448. The fraction of sp³-hybridized carbons (Fsp3) is 0.350. The van der Waals surface area contributed by atoms with E-state index in [2.05, 4.69) is 10.2 Å². The molecule has 1 amide bonds. The minimum absolute atomic E-state index is 0. The molecular formula is C20H24Cl2N2O2. The van der Waals surface area contributed by atoms with Crippen molar-refractivity contribution in [1.82, 2.24) is 10.2 Å². The molecular weight excluding hydrogens is 371 g/mol. The van der Waals surface area contributed by atoms with E-state index < -0.39 is 0 Å². The normalized spacial score (nSPS) is 15.2. The number of hydrogen-bond acceptors (Lipinski definition) is 3. The van der Waals surface area contributed by atoms with Crippen LogP contribution in [0.4, 0.5) is 0 Å². The maximum absolute atomic E-state index is 12.6. The van der Waals surface area contributed by atoms with Gasteiger partial charge in [-0.3, -0.25) is 9.69 Å². The van der Waals surface area contributed by atoms with Crippen molar-refractivity contribution in [2.75, 3.05) is 26.7 Å². The molecule has 0 aromatic heterocycles. The van der Waals surface area contributed by atoms with Crippen LogP contribution in [0.1, 0.15) is 34.8 Å². The molecule has 3 rings (SSSR count). The zero-order valence-corrected chi connectivity index (χ0v) is 16.4. The van der Waals surface area contributed by atoms with Gasteiger partial charge in [0.1, 0.15) is 5.75 Å². The number of para-hydroxylation sites is 1. The van der Waals surface area contributed by atoms with E-state index in [0.717, 1.165) is 23.7 Å². The van der Waals surface area contributed by atoms with Crippen LogP contribution < -0.4 is 10.1 Å². The Morgan fingerprint density at radius 1 is 1.15 bits per heavy atom. The number of carbonyl (C=O) groups is 1. The summed E-state index contributed by atoms with van der Waals surface area (Å²) in [7, 11) is 1.57. The lowest BCUT2D eigenvalue weighted by Crippen LogP contribution is -2.37. The third-order valence-electron chi connectivity index (χ3n) is 4.65. The third kappa shape index (κ3) is 4.70. The molecule has 4 nitrogen and oxygen atoms in total. The molecule has 0 aliphatic carbocycles. The Labute approximate surface area is 165 Å². The van der Waals surface area contributed by atoms with Crippen LogP contribution >= 0.6 is 24.0 Å². The van der Waals surface area contributed by atoms with Gasteiger partial charge in [0.2, 0.25) is 0 Å². The van der Waals surface area contributed by atoms with Gasteiger partial charge in [-0.2, -0.15) is 0 Å². The van der Waals surface area contributed by atoms with Crippen molar-refractivity contribution < 1.29 is 9.53 Å². The Hall–Kier alpha value is -1.75. The lowest BCUT2D eigenvalue weighted by Gasteiger charge is -2.29. The zero-order chi connectivity index (χ0) is 17.6. The second-order valence-corrected chi connectivity index (χ2v) is 6.60. The van der Waals surface area contributed by atoms with Gasteiger partial charge in [-0.25, -0.2) is 0 Å². The summed E-state index contributed by atoms with van der Waals surface area (Å²) in [6.45, 7) is 2.57. The molecule has 1 fully saturated rings. The van der Waals surface area contributed by atoms with Crippen LogP contribution in [0, 0.1) is 0 Å². The SMILES string of the molecule is COc1ccccc1C(=O)NCC(c1ccccc1Cl)N1CCCC1.Cl. The van der Waals surface area contributed by atoms with Gasteiger partial charge in [0, 0.05) is 11.6 Å². The number of hydrogen-bond donors (Lipinski definition) is 1. The third-order valence-corrected chi connectivity index (χ3v) is 5.00. The molecule has 1 unspecified atom stereocenters. The summed E-state index contributed by atoms with van der Waals surface area (Å²) < 4.78 is 5.28. The predicted molar refractivity (Wildman–Crippen MR) is 108 cm³/mol. The van der Waals surface area contributed by atoms with E-state index in [1.54, 1.807) is 19.2 Å². The average molecular weight is 395 g/mol. The topological polar surface area (TPSA) is 41.6 Å². The van der Waals surface area contributed by atoms with Crippen LogP contribution in [0.5, 0.6) is 5.75 Å². The molecule has 1 aliphatic heterocycles. The van der Waals surface area contributed by atoms with Gasteiger partial charge in [-0.1, -0.05) is 41.9 Å². The van der Waals surface area contributed by atoms with Crippen LogP contribution in [0.3, 0.4) is 0 Å². The summed E-state index contributed by atoms with van der Waals surface area (Å²) >= 11 is 6.42.